The monoisotopic (exact) mass is 405 g/mol. The Hall–Kier alpha value is -2.46. The lowest BCUT2D eigenvalue weighted by atomic mass is 9.84. The van der Waals surface area contributed by atoms with E-state index in [0.717, 1.165) is 25.1 Å². The molecule has 4 rings (SSSR count). The van der Waals surface area contributed by atoms with Crippen molar-refractivity contribution in [1.82, 2.24) is 4.90 Å². The van der Waals surface area contributed by atoms with E-state index in [0.29, 0.717) is 42.4 Å². The predicted molar refractivity (Wildman–Crippen MR) is 118 cm³/mol. The summed E-state index contributed by atoms with van der Waals surface area (Å²) in [7, 11) is 2.21. The average molecular weight is 406 g/mol. The normalized spacial score (nSPS) is 24.9. The average Bonchev–Trinajstić information content (AvgIpc) is 3.35. The predicted octanol–water partition coefficient (Wildman–Crippen LogP) is 4.64. The minimum absolute atomic E-state index is 0.226. The molecule has 0 aromatic heterocycles. The van der Waals surface area contributed by atoms with Gasteiger partial charge in [0.1, 0.15) is 5.75 Å². The van der Waals surface area contributed by atoms with E-state index < -0.39 is 0 Å². The van der Waals surface area contributed by atoms with E-state index in [-0.39, 0.29) is 11.6 Å². The minimum Gasteiger partial charge on any atom is -0.494 e. The molecule has 0 N–H and O–H groups in total. The Morgan fingerprint density at radius 2 is 1.70 bits per heavy atom. The van der Waals surface area contributed by atoms with Gasteiger partial charge in [0.25, 0.3) is 0 Å². The summed E-state index contributed by atoms with van der Waals surface area (Å²) < 4.78 is 5.82. The van der Waals surface area contributed by atoms with Crippen molar-refractivity contribution < 1.29 is 14.3 Å². The second-order valence-corrected chi connectivity index (χ2v) is 8.81. The molecule has 4 heteroatoms. The zero-order valence-electron chi connectivity index (χ0n) is 17.7. The van der Waals surface area contributed by atoms with E-state index in [1.807, 2.05) is 48.5 Å². The molecule has 2 saturated carbocycles. The van der Waals surface area contributed by atoms with Crippen molar-refractivity contribution >= 4 is 11.6 Å². The first-order valence-electron chi connectivity index (χ1n) is 11.1. The lowest BCUT2D eigenvalue weighted by Crippen LogP contribution is -2.37. The van der Waals surface area contributed by atoms with Crippen molar-refractivity contribution in [2.24, 2.45) is 17.8 Å². The third-order valence-electron chi connectivity index (χ3n) is 6.92. The number of hydrogen-bond donors (Lipinski definition) is 0. The van der Waals surface area contributed by atoms with Gasteiger partial charge in [-0.05, 0) is 62.6 Å². The van der Waals surface area contributed by atoms with Gasteiger partial charge >= 0.3 is 0 Å². The van der Waals surface area contributed by atoms with E-state index in [2.05, 4.69) is 11.9 Å². The first-order valence-corrected chi connectivity index (χ1v) is 11.1. The lowest BCUT2D eigenvalue weighted by molar-refractivity contribution is -0.116. The van der Waals surface area contributed by atoms with Crippen LogP contribution in [0.15, 0.2) is 60.7 Å². The molecule has 0 amide bonds. The molecule has 2 aliphatic carbocycles. The summed E-state index contributed by atoms with van der Waals surface area (Å²) in [5, 5.41) is 0. The van der Waals surface area contributed by atoms with E-state index in [1.165, 1.54) is 12.8 Å². The van der Waals surface area contributed by atoms with Crippen LogP contribution >= 0.6 is 0 Å². The van der Waals surface area contributed by atoms with E-state index in [4.69, 9.17) is 4.74 Å². The first-order chi connectivity index (χ1) is 14.6. The Morgan fingerprint density at radius 3 is 2.43 bits per heavy atom. The van der Waals surface area contributed by atoms with Gasteiger partial charge in [0.2, 0.25) is 11.6 Å². The van der Waals surface area contributed by atoms with Gasteiger partial charge in [-0.25, -0.2) is 0 Å². The number of carbonyl (C=O) groups is 2. The molecule has 4 unspecified atom stereocenters. The number of fused-ring (bicyclic) bond motifs is 2. The molecule has 2 aromatic carbocycles. The highest BCUT2D eigenvalue weighted by molar-refractivity contribution is 6.43. The highest BCUT2D eigenvalue weighted by atomic mass is 16.5. The summed E-state index contributed by atoms with van der Waals surface area (Å²) in [6.07, 6.45) is 4.89. The zero-order valence-corrected chi connectivity index (χ0v) is 17.7. The molecule has 4 atom stereocenters. The third kappa shape index (κ3) is 4.65. The molecule has 2 fully saturated rings. The molecule has 0 saturated heterocycles. The Kier molecular flexibility index (Phi) is 6.63. The van der Waals surface area contributed by atoms with E-state index in [1.54, 1.807) is 12.1 Å². The maximum absolute atomic E-state index is 12.6. The minimum atomic E-state index is -0.332. The number of benzene rings is 2. The van der Waals surface area contributed by atoms with Gasteiger partial charge in [-0.2, -0.15) is 0 Å². The molecule has 2 aliphatic rings. The lowest BCUT2D eigenvalue weighted by Gasteiger charge is -2.29. The van der Waals surface area contributed by atoms with E-state index in [9.17, 15) is 9.59 Å². The van der Waals surface area contributed by atoms with Crippen LogP contribution in [0.5, 0.6) is 5.75 Å². The largest absolute Gasteiger partial charge is 0.494 e. The number of rotatable bonds is 10. The van der Waals surface area contributed by atoms with Crippen LogP contribution in [0.2, 0.25) is 0 Å². The van der Waals surface area contributed by atoms with Crippen LogP contribution < -0.4 is 4.74 Å². The second-order valence-electron chi connectivity index (χ2n) is 8.81. The molecular formula is C26H31NO3. The highest BCUT2D eigenvalue weighted by Crippen LogP contribution is 2.51. The number of para-hydroxylation sites is 1. The summed E-state index contributed by atoms with van der Waals surface area (Å²) >= 11 is 0. The van der Waals surface area contributed by atoms with Crippen molar-refractivity contribution in [3.05, 3.63) is 66.2 Å². The Labute approximate surface area is 179 Å². The molecule has 0 heterocycles. The van der Waals surface area contributed by atoms with Crippen molar-refractivity contribution in [2.45, 2.75) is 38.1 Å². The standard InChI is InChI=1S/C26H31NO3/c1-27(15-8-16-30-22-11-6-3-7-12-22)25-20-13-14-23(25)21(17-20)18-24(28)26(29)19-9-4-2-5-10-19/h2-7,9-12,20-21,23,25H,8,13-18H2,1H3. The van der Waals surface area contributed by atoms with Crippen LogP contribution in [0, 0.1) is 17.8 Å². The van der Waals surface area contributed by atoms with Crippen LogP contribution in [0.25, 0.3) is 0 Å². The number of nitrogens with zero attached hydrogens (tertiary/aromatic N) is 1. The summed E-state index contributed by atoms with van der Waals surface area (Å²) in [5.41, 5.74) is 0.512. The van der Waals surface area contributed by atoms with Crippen LogP contribution in [0.3, 0.4) is 0 Å². The molecule has 4 nitrogen and oxygen atoms in total. The zero-order chi connectivity index (χ0) is 20.9. The molecule has 0 aliphatic heterocycles. The van der Waals surface area contributed by atoms with Crippen LogP contribution in [-0.4, -0.2) is 42.7 Å². The second kappa shape index (κ2) is 9.57. The van der Waals surface area contributed by atoms with Crippen molar-refractivity contribution in [1.29, 1.82) is 0 Å². The molecule has 2 aromatic rings. The summed E-state index contributed by atoms with van der Waals surface area (Å²) in [5.74, 6) is 1.89. The van der Waals surface area contributed by atoms with Crippen molar-refractivity contribution in [3.8, 4) is 5.75 Å². The quantitative estimate of drug-likeness (QED) is 0.328. The molecule has 2 bridgehead atoms. The fourth-order valence-electron chi connectivity index (χ4n) is 5.61. The molecular weight excluding hydrogens is 374 g/mol. The molecule has 30 heavy (non-hydrogen) atoms. The van der Waals surface area contributed by atoms with Gasteiger partial charge < -0.3 is 9.64 Å². The number of Topliss-reactive ketones (excluding diaryl/α,β-unsaturated/α-hetero) is 2. The number of ketones is 2. The smallest absolute Gasteiger partial charge is 0.228 e. The van der Waals surface area contributed by atoms with Crippen LogP contribution in [0.4, 0.5) is 0 Å². The SMILES string of the molecule is CN(CCCOc1ccccc1)C1C2CCC1C(CC(=O)C(=O)c1ccccc1)C2. The molecule has 0 spiro atoms. The van der Waals surface area contributed by atoms with Gasteiger partial charge in [-0.3, -0.25) is 9.59 Å². The maximum Gasteiger partial charge on any atom is 0.228 e. The Morgan fingerprint density at radius 1 is 1.00 bits per heavy atom. The van der Waals surface area contributed by atoms with Gasteiger partial charge in [0.15, 0.2) is 0 Å². The Bertz CT molecular complexity index is 851. The third-order valence-corrected chi connectivity index (χ3v) is 6.92. The maximum atomic E-state index is 12.6. The summed E-state index contributed by atoms with van der Waals surface area (Å²) in [6.45, 7) is 1.71. The molecule has 158 valence electrons. The fraction of sp³-hybridized carbons (Fsp3) is 0.462. The fourth-order valence-corrected chi connectivity index (χ4v) is 5.61. The molecule has 0 radical (unpaired) electrons. The topological polar surface area (TPSA) is 46.6 Å². The first kappa shape index (κ1) is 20.8. The highest BCUT2D eigenvalue weighted by Gasteiger charge is 2.49. The van der Waals surface area contributed by atoms with Crippen molar-refractivity contribution in [2.75, 3.05) is 20.2 Å². The summed E-state index contributed by atoms with van der Waals surface area (Å²) in [4.78, 5) is 27.6. The van der Waals surface area contributed by atoms with E-state index >= 15 is 0 Å². The van der Waals surface area contributed by atoms with Gasteiger partial charge in [-0.15, -0.1) is 0 Å². The number of carbonyl (C=O) groups excluding carboxylic acids is 2. The number of hydrogen-bond acceptors (Lipinski definition) is 4. The van der Waals surface area contributed by atoms with Crippen molar-refractivity contribution in [3.63, 3.8) is 0 Å². The van der Waals surface area contributed by atoms with Crippen LogP contribution in [0.1, 0.15) is 42.5 Å². The Balaban J connectivity index is 1.26. The van der Waals surface area contributed by atoms with Crippen LogP contribution in [-0.2, 0) is 4.79 Å². The summed E-state index contributed by atoms with van der Waals surface area (Å²) in [6, 6.07) is 19.4. The van der Waals surface area contributed by atoms with Gasteiger partial charge in [0, 0.05) is 24.6 Å². The number of ether oxygens (including phenoxy) is 1. The van der Waals surface area contributed by atoms with Gasteiger partial charge in [-0.1, -0.05) is 48.5 Å². The van der Waals surface area contributed by atoms with Gasteiger partial charge in [0.05, 0.1) is 6.61 Å².